The number of nitrogens with one attached hydrogen (secondary N) is 1. The molecular formula is C15H17N3O3S. The van der Waals surface area contributed by atoms with Gasteiger partial charge in [0.1, 0.15) is 11.9 Å². The van der Waals surface area contributed by atoms with Crippen molar-refractivity contribution >= 4 is 23.1 Å². The van der Waals surface area contributed by atoms with E-state index in [-0.39, 0.29) is 12.1 Å². The van der Waals surface area contributed by atoms with Crippen LogP contribution in [0.15, 0.2) is 35.8 Å². The van der Waals surface area contributed by atoms with Crippen LogP contribution in [0.3, 0.4) is 0 Å². The topological polar surface area (TPSA) is 63.7 Å². The SMILES string of the molecule is CCOc1ccc(NC(=O)N2CC(Oc3nccs3)C2)cc1. The average molecular weight is 319 g/mol. The normalized spacial score (nSPS) is 14.3. The van der Waals surface area contributed by atoms with Crippen molar-refractivity contribution in [2.24, 2.45) is 0 Å². The zero-order valence-corrected chi connectivity index (χ0v) is 13.0. The lowest BCUT2D eigenvalue weighted by molar-refractivity contribution is 0.0491. The number of aromatic nitrogens is 1. The molecule has 1 N–H and O–H groups in total. The summed E-state index contributed by atoms with van der Waals surface area (Å²) in [6.07, 6.45) is 1.73. The molecule has 1 aromatic carbocycles. The number of carbonyl (C=O) groups is 1. The van der Waals surface area contributed by atoms with E-state index in [1.807, 2.05) is 36.6 Å². The summed E-state index contributed by atoms with van der Waals surface area (Å²) in [5.41, 5.74) is 0.748. The minimum absolute atomic E-state index is 0.0252. The lowest BCUT2D eigenvalue weighted by atomic mass is 10.2. The van der Waals surface area contributed by atoms with Gasteiger partial charge in [-0.2, -0.15) is 0 Å². The molecule has 0 spiro atoms. The van der Waals surface area contributed by atoms with Gasteiger partial charge in [-0.1, -0.05) is 11.3 Å². The van der Waals surface area contributed by atoms with E-state index in [1.165, 1.54) is 11.3 Å². The molecule has 0 bridgehead atoms. The van der Waals surface area contributed by atoms with Crippen LogP contribution in [0.5, 0.6) is 10.9 Å². The van der Waals surface area contributed by atoms with Crippen molar-refractivity contribution in [3.63, 3.8) is 0 Å². The zero-order valence-electron chi connectivity index (χ0n) is 12.2. The molecule has 6 nitrogen and oxygen atoms in total. The van der Waals surface area contributed by atoms with Gasteiger partial charge in [0, 0.05) is 17.3 Å². The number of thiazole rings is 1. The molecule has 1 saturated heterocycles. The fourth-order valence-corrected chi connectivity index (χ4v) is 2.64. The van der Waals surface area contributed by atoms with Gasteiger partial charge in [0.15, 0.2) is 0 Å². The van der Waals surface area contributed by atoms with Gasteiger partial charge >= 0.3 is 6.03 Å². The highest BCUT2D eigenvalue weighted by Crippen LogP contribution is 2.21. The smallest absolute Gasteiger partial charge is 0.322 e. The number of nitrogens with zero attached hydrogens (tertiary/aromatic N) is 2. The maximum Gasteiger partial charge on any atom is 0.322 e. The van der Waals surface area contributed by atoms with Crippen molar-refractivity contribution in [3.8, 4) is 10.9 Å². The fraction of sp³-hybridized carbons (Fsp3) is 0.333. The van der Waals surface area contributed by atoms with Gasteiger partial charge < -0.3 is 19.7 Å². The highest BCUT2D eigenvalue weighted by molar-refractivity contribution is 7.11. The average Bonchev–Trinajstić information content (AvgIpc) is 2.98. The van der Waals surface area contributed by atoms with E-state index < -0.39 is 0 Å². The first-order valence-corrected chi connectivity index (χ1v) is 7.97. The van der Waals surface area contributed by atoms with Crippen LogP contribution >= 0.6 is 11.3 Å². The summed E-state index contributed by atoms with van der Waals surface area (Å²) in [5, 5.41) is 5.37. The number of benzene rings is 1. The largest absolute Gasteiger partial charge is 0.494 e. The summed E-state index contributed by atoms with van der Waals surface area (Å²) in [6.45, 7) is 3.70. The number of ether oxygens (including phenoxy) is 2. The lowest BCUT2D eigenvalue weighted by Crippen LogP contribution is -2.57. The van der Waals surface area contributed by atoms with Crippen LogP contribution < -0.4 is 14.8 Å². The van der Waals surface area contributed by atoms with Crippen molar-refractivity contribution in [1.29, 1.82) is 0 Å². The molecule has 3 rings (SSSR count). The van der Waals surface area contributed by atoms with E-state index in [9.17, 15) is 4.79 Å². The van der Waals surface area contributed by atoms with Crippen LogP contribution in [0.4, 0.5) is 10.5 Å². The maximum absolute atomic E-state index is 12.1. The van der Waals surface area contributed by atoms with Crippen molar-refractivity contribution < 1.29 is 14.3 Å². The van der Waals surface area contributed by atoms with Crippen LogP contribution in [0, 0.1) is 0 Å². The molecule has 2 amide bonds. The van der Waals surface area contributed by atoms with E-state index >= 15 is 0 Å². The summed E-state index contributed by atoms with van der Waals surface area (Å²) in [4.78, 5) is 17.8. The highest BCUT2D eigenvalue weighted by atomic mass is 32.1. The minimum Gasteiger partial charge on any atom is -0.494 e. The standard InChI is InChI=1S/C15H17N3O3S/c1-2-20-12-5-3-11(4-6-12)17-14(19)18-9-13(10-18)21-15-16-7-8-22-15/h3-8,13H,2,9-10H2,1H3,(H,17,19). The Kier molecular flexibility index (Phi) is 4.43. The van der Waals surface area contributed by atoms with E-state index in [2.05, 4.69) is 10.3 Å². The van der Waals surface area contributed by atoms with E-state index in [1.54, 1.807) is 11.1 Å². The number of urea groups is 1. The molecule has 1 fully saturated rings. The summed E-state index contributed by atoms with van der Waals surface area (Å²) in [5.74, 6) is 0.793. The molecular weight excluding hydrogens is 302 g/mol. The first-order valence-electron chi connectivity index (χ1n) is 7.09. The fourth-order valence-electron chi connectivity index (χ4n) is 2.09. The first kappa shape index (κ1) is 14.6. The number of anilines is 1. The van der Waals surface area contributed by atoms with Crippen molar-refractivity contribution in [3.05, 3.63) is 35.8 Å². The number of hydrogen-bond donors (Lipinski definition) is 1. The highest BCUT2D eigenvalue weighted by Gasteiger charge is 2.32. The summed E-state index contributed by atoms with van der Waals surface area (Å²) >= 11 is 1.45. The molecule has 0 aliphatic carbocycles. The van der Waals surface area contributed by atoms with Crippen molar-refractivity contribution in [2.45, 2.75) is 13.0 Å². The second kappa shape index (κ2) is 6.65. The van der Waals surface area contributed by atoms with Gasteiger partial charge in [0.25, 0.3) is 5.19 Å². The van der Waals surface area contributed by atoms with E-state index in [0.717, 1.165) is 11.4 Å². The first-order chi connectivity index (χ1) is 10.7. The Labute approximate surface area is 132 Å². The molecule has 1 aliphatic rings. The number of likely N-dealkylation sites (tertiary alicyclic amines) is 1. The van der Waals surface area contributed by atoms with Crippen molar-refractivity contribution in [1.82, 2.24) is 9.88 Å². The molecule has 0 unspecified atom stereocenters. The quantitative estimate of drug-likeness (QED) is 0.920. The van der Waals surface area contributed by atoms with Crippen LogP contribution in [0.2, 0.25) is 0 Å². The number of rotatable bonds is 5. The lowest BCUT2D eigenvalue weighted by Gasteiger charge is -2.38. The van der Waals surface area contributed by atoms with Gasteiger partial charge in [-0.3, -0.25) is 0 Å². The van der Waals surface area contributed by atoms with Crippen LogP contribution in [-0.4, -0.2) is 41.7 Å². The number of amides is 2. The van der Waals surface area contributed by atoms with Gasteiger partial charge in [-0.05, 0) is 31.2 Å². The van der Waals surface area contributed by atoms with E-state index in [0.29, 0.717) is 24.9 Å². The third-order valence-corrected chi connectivity index (χ3v) is 3.89. The molecule has 2 heterocycles. The van der Waals surface area contributed by atoms with Gasteiger partial charge in [-0.15, -0.1) is 0 Å². The van der Waals surface area contributed by atoms with Gasteiger partial charge in [0.05, 0.1) is 19.7 Å². The summed E-state index contributed by atoms with van der Waals surface area (Å²) in [7, 11) is 0. The maximum atomic E-state index is 12.1. The number of hydrogen-bond acceptors (Lipinski definition) is 5. The second-order valence-electron chi connectivity index (χ2n) is 4.83. The zero-order chi connectivity index (χ0) is 15.4. The van der Waals surface area contributed by atoms with Crippen LogP contribution in [-0.2, 0) is 0 Å². The Morgan fingerprint density at radius 2 is 2.18 bits per heavy atom. The molecule has 0 radical (unpaired) electrons. The molecule has 0 saturated carbocycles. The predicted octanol–water partition coefficient (Wildman–Crippen LogP) is 2.84. The molecule has 22 heavy (non-hydrogen) atoms. The third kappa shape index (κ3) is 3.48. The molecule has 7 heteroatoms. The van der Waals surface area contributed by atoms with Gasteiger partial charge in [0.2, 0.25) is 0 Å². The second-order valence-corrected chi connectivity index (χ2v) is 5.69. The summed E-state index contributed by atoms with van der Waals surface area (Å²) < 4.78 is 11.0. The molecule has 1 aromatic heterocycles. The monoisotopic (exact) mass is 319 g/mol. The molecule has 1 aliphatic heterocycles. The Hall–Kier alpha value is -2.28. The molecule has 2 aromatic rings. The van der Waals surface area contributed by atoms with E-state index in [4.69, 9.17) is 9.47 Å². The molecule has 0 atom stereocenters. The Morgan fingerprint density at radius 1 is 1.41 bits per heavy atom. The van der Waals surface area contributed by atoms with Crippen LogP contribution in [0.1, 0.15) is 6.92 Å². The molecule has 116 valence electrons. The summed E-state index contributed by atoms with van der Waals surface area (Å²) in [6, 6.07) is 7.20. The third-order valence-electron chi connectivity index (χ3n) is 3.23. The Balaban J connectivity index is 1.45. The van der Waals surface area contributed by atoms with Crippen LogP contribution in [0.25, 0.3) is 0 Å². The number of carbonyl (C=O) groups excluding carboxylic acids is 1. The van der Waals surface area contributed by atoms with Crippen molar-refractivity contribution in [2.75, 3.05) is 25.0 Å². The Morgan fingerprint density at radius 3 is 2.82 bits per heavy atom. The minimum atomic E-state index is -0.122. The van der Waals surface area contributed by atoms with Gasteiger partial charge in [-0.25, -0.2) is 9.78 Å². The predicted molar refractivity (Wildman–Crippen MR) is 84.7 cm³/mol. The Bertz CT molecular complexity index is 609.